The van der Waals surface area contributed by atoms with E-state index in [0.29, 0.717) is 5.92 Å². The lowest BCUT2D eigenvalue weighted by atomic mass is 10.1. The molecule has 0 heterocycles. The molecule has 90 valence electrons. The maximum absolute atomic E-state index is 9.60. The molecule has 1 aromatic rings. The Balaban J connectivity index is 2.66. The van der Waals surface area contributed by atoms with Gasteiger partial charge in [-0.1, -0.05) is 44.9 Å². The maximum atomic E-state index is 9.60. The number of hydrogen-bond donors (Lipinski definition) is 1. The van der Waals surface area contributed by atoms with Gasteiger partial charge < -0.3 is 9.84 Å². The third-order valence-corrected chi connectivity index (χ3v) is 3.00. The Kier molecular flexibility index (Phi) is 5.33. The zero-order valence-electron chi connectivity index (χ0n) is 10.4. The molecule has 0 aliphatic heterocycles. The molecular weight excluding hydrogens is 200 g/mol. The van der Waals surface area contributed by atoms with Crippen LogP contribution in [0.2, 0.25) is 0 Å². The molecule has 0 fully saturated rings. The second-order valence-corrected chi connectivity index (χ2v) is 4.21. The van der Waals surface area contributed by atoms with Crippen molar-refractivity contribution in [3.63, 3.8) is 0 Å². The van der Waals surface area contributed by atoms with Crippen molar-refractivity contribution in [1.29, 1.82) is 0 Å². The fraction of sp³-hybridized carbons (Fsp3) is 0.571. The molecule has 0 aliphatic rings. The Morgan fingerprint density at radius 3 is 2.38 bits per heavy atom. The molecule has 1 aromatic carbocycles. The summed E-state index contributed by atoms with van der Waals surface area (Å²) in [5, 5.41) is 9.60. The van der Waals surface area contributed by atoms with Gasteiger partial charge in [0.2, 0.25) is 0 Å². The number of benzene rings is 1. The number of aliphatic hydroxyl groups excluding tert-OH is 1. The standard InChI is InChI=1S/C14H22O2/c1-4-12(5-2)10-16-14-9-7-6-8-13(14)11(3)15/h6-9,11-12,15H,4-5,10H2,1-3H3. The van der Waals surface area contributed by atoms with Gasteiger partial charge in [-0.2, -0.15) is 0 Å². The first-order valence-corrected chi connectivity index (χ1v) is 6.08. The van der Waals surface area contributed by atoms with E-state index >= 15 is 0 Å². The van der Waals surface area contributed by atoms with Gasteiger partial charge in [-0.15, -0.1) is 0 Å². The molecule has 0 aliphatic carbocycles. The second kappa shape index (κ2) is 6.54. The summed E-state index contributed by atoms with van der Waals surface area (Å²) in [6, 6.07) is 7.69. The van der Waals surface area contributed by atoms with Crippen molar-refractivity contribution in [3.8, 4) is 5.75 Å². The Labute approximate surface area is 98.3 Å². The van der Waals surface area contributed by atoms with Crippen LogP contribution < -0.4 is 4.74 Å². The molecule has 0 spiro atoms. The summed E-state index contributed by atoms with van der Waals surface area (Å²) in [6.07, 6.45) is 1.79. The van der Waals surface area contributed by atoms with E-state index < -0.39 is 6.10 Å². The van der Waals surface area contributed by atoms with Crippen molar-refractivity contribution in [2.24, 2.45) is 5.92 Å². The van der Waals surface area contributed by atoms with E-state index in [1.165, 1.54) is 0 Å². The number of aliphatic hydroxyl groups is 1. The molecular formula is C14H22O2. The molecule has 1 N–H and O–H groups in total. The highest BCUT2D eigenvalue weighted by Crippen LogP contribution is 2.25. The Hall–Kier alpha value is -1.02. The van der Waals surface area contributed by atoms with Gasteiger partial charge >= 0.3 is 0 Å². The van der Waals surface area contributed by atoms with Crippen LogP contribution in [-0.2, 0) is 0 Å². The van der Waals surface area contributed by atoms with Gasteiger partial charge in [0, 0.05) is 5.56 Å². The monoisotopic (exact) mass is 222 g/mol. The fourth-order valence-electron chi connectivity index (χ4n) is 1.69. The number of hydrogen-bond acceptors (Lipinski definition) is 2. The van der Waals surface area contributed by atoms with Gasteiger partial charge in [-0.25, -0.2) is 0 Å². The van der Waals surface area contributed by atoms with Crippen LogP contribution >= 0.6 is 0 Å². The highest BCUT2D eigenvalue weighted by Gasteiger charge is 2.10. The highest BCUT2D eigenvalue weighted by atomic mass is 16.5. The molecule has 16 heavy (non-hydrogen) atoms. The normalized spacial score (nSPS) is 12.8. The summed E-state index contributed by atoms with van der Waals surface area (Å²) >= 11 is 0. The lowest BCUT2D eigenvalue weighted by Crippen LogP contribution is -2.11. The van der Waals surface area contributed by atoms with E-state index in [9.17, 15) is 5.11 Å². The third-order valence-electron chi connectivity index (χ3n) is 3.00. The smallest absolute Gasteiger partial charge is 0.125 e. The lowest BCUT2D eigenvalue weighted by molar-refractivity contribution is 0.184. The van der Waals surface area contributed by atoms with Crippen LogP contribution in [0.15, 0.2) is 24.3 Å². The summed E-state index contributed by atoms with van der Waals surface area (Å²) in [6.45, 7) is 6.85. The molecule has 1 atom stereocenters. The summed E-state index contributed by atoms with van der Waals surface area (Å²) in [5.74, 6) is 1.41. The molecule has 1 unspecified atom stereocenters. The highest BCUT2D eigenvalue weighted by molar-refractivity contribution is 5.34. The Bertz CT molecular complexity index is 303. The van der Waals surface area contributed by atoms with E-state index in [0.717, 1.165) is 30.8 Å². The summed E-state index contributed by atoms with van der Waals surface area (Å²) < 4.78 is 5.78. The van der Waals surface area contributed by atoms with E-state index in [-0.39, 0.29) is 0 Å². The zero-order chi connectivity index (χ0) is 12.0. The number of rotatable bonds is 6. The van der Waals surface area contributed by atoms with Gasteiger partial charge in [0.25, 0.3) is 0 Å². The minimum Gasteiger partial charge on any atom is -0.493 e. The SMILES string of the molecule is CCC(CC)COc1ccccc1C(C)O. The van der Waals surface area contributed by atoms with Gasteiger partial charge in [0.05, 0.1) is 12.7 Å². The first kappa shape index (κ1) is 13.0. The quantitative estimate of drug-likeness (QED) is 0.797. The van der Waals surface area contributed by atoms with Gasteiger partial charge in [0.1, 0.15) is 5.75 Å². The largest absolute Gasteiger partial charge is 0.493 e. The summed E-state index contributed by atoms with van der Waals surface area (Å²) in [7, 11) is 0. The van der Waals surface area contributed by atoms with Crippen LogP contribution in [0.4, 0.5) is 0 Å². The lowest BCUT2D eigenvalue weighted by Gasteiger charge is -2.17. The predicted octanol–water partition coefficient (Wildman–Crippen LogP) is 3.55. The number of para-hydroxylation sites is 1. The van der Waals surface area contributed by atoms with Gasteiger partial charge in [-0.3, -0.25) is 0 Å². The molecule has 0 saturated heterocycles. The summed E-state index contributed by atoms with van der Waals surface area (Å²) in [5.41, 5.74) is 0.869. The van der Waals surface area contributed by atoms with Crippen LogP contribution in [-0.4, -0.2) is 11.7 Å². The molecule has 0 radical (unpaired) electrons. The van der Waals surface area contributed by atoms with Crippen LogP contribution in [0.5, 0.6) is 5.75 Å². The molecule has 2 nitrogen and oxygen atoms in total. The molecule has 0 amide bonds. The molecule has 0 aromatic heterocycles. The first-order valence-electron chi connectivity index (χ1n) is 6.08. The topological polar surface area (TPSA) is 29.5 Å². The van der Waals surface area contributed by atoms with Crippen molar-refractivity contribution in [3.05, 3.63) is 29.8 Å². The van der Waals surface area contributed by atoms with Crippen LogP contribution in [0.1, 0.15) is 45.3 Å². The van der Waals surface area contributed by atoms with E-state index in [4.69, 9.17) is 4.74 Å². The number of ether oxygens (including phenoxy) is 1. The second-order valence-electron chi connectivity index (χ2n) is 4.21. The zero-order valence-corrected chi connectivity index (χ0v) is 10.4. The first-order chi connectivity index (χ1) is 7.69. The van der Waals surface area contributed by atoms with Crippen molar-refractivity contribution < 1.29 is 9.84 Å². The van der Waals surface area contributed by atoms with E-state index in [1.54, 1.807) is 6.92 Å². The Morgan fingerprint density at radius 1 is 1.19 bits per heavy atom. The van der Waals surface area contributed by atoms with Crippen molar-refractivity contribution in [2.45, 2.75) is 39.7 Å². The molecule has 0 bridgehead atoms. The predicted molar refractivity (Wildman–Crippen MR) is 66.6 cm³/mol. The van der Waals surface area contributed by atoms with Gasteiger partial charge in [-0.05, 0) is 18.9 Å². The molecule has 0 saturated carbocycles. The van der Waals surface area contributed by atoms with Crippen LogP contribution in [0.25, 0.3) is 0 Å². The van der Waals surface area contributed by atoms with E-state index in [2.05, 4.69) is 13.8 Å². The van der Waals surface area contributed by atoms with Crippen LogP contribution in [0.3, 0.4) is 0 Å². The molecule has 1 rings (SSSR count). The minimum atomic E-state index is -0.474. The maximum Gasteiger partial charge on any atom is 0.125 e. The van der Waals surface area contributed by atoms with Crippen molar-refractivity contribution in [1.82, 2.24) is 0 Å². The summed E-state index contributed by atoms with van der Waals surface area (Å²) in [4.78, 5) is 0. The molecule has 2 heteroatoms. The average Bonchev–Trinajstić information content (AvgIpc) is 2.30. The fourth-order valence-corrected chi connectivity index (χ4v) is 1.69. The van der Waals surface area contributed by atoms with E-state index in [1.807, 2.05) is 24.3 Å². The van der Waals surface area contributed by atoms with Crippen molar-refractivity contribution in [2.75, 3.05) is 6.61 Å². The van der Waals surface area contributed by atoms with Crippen molar-refractivity contribution >= 4 is 0 Å². The minimum absolute atomic E-state index is 0.474. The average molecular weight is 222 g/mol. The Morgan fingerprint density at radius 2 is 1.81 bits per heavy atom. The third kappa shape index (κ3) is 3.53. The van der Waals surface area contributed by atoms with Crippen LogP contribution in [0, 0.1) is 5.92 Å². The van der Waals surface area contributed by atoms with Gasteiger partial charge in [0.15, 0.2) is 0 Å².